The molecule has 10 heteroatoms. The second-order valence-electron chi connectivity index (χ2n) is 8.53. The number of Topliss-reactive ketones (excluding diaryl/α,β-unsaturated/α-hetero) is 1. The number of nitrogens with one attached hydrogen (secondary N) is 3. The molecule has 0 saturated carbocycles. The van der Waals surface area contributed by atoms with Crippen LogP contribution in [0.4, 0.5) is 0 Å². The van der Waals surface area contributed by atoms with Crippen LogP contribution in [0.15, 0.2) is 6.20 Å². The highest BCUT2D eigenvalue weighted by Gasteiger charge is 2.31. The minimum Gasteiger partial charge on any atom is -0.356 e. The lowest BCUT2D eigenvalue weighted by Gasteiger charge is -2.34. The van der Waals surface area contributed by atoms with Gasteiger partial charge in [-0.3, -0.25) is 19.2 Å². The molecule has 0 aromatic carbocycles. The number of amides is 3. The Balaban J connectivity index is 2.89. The van der Waals surface area contributed by atoms with Crippen LogP contribution in [0, 0.1) is 12.3 Å². The number of ketones is 1. The molecule has 3 N–H and O–H groups in total. The quantitative estimate of drug-likeness (QED) is 0.325. The first-order valence-corrected chi connectivity index (χ1v) is 11.2. The van der Waals surface area contributed by atoms with Crippen LogP contribution in [0.3, 0.4) is 0 Å². The fourth-order valence-electron chi connectivity index (χ4n) is 3.95. The van der Waals surface area contributed by atoms with E-state index in [9.17, 15) is 19.2 Å². The van der Waals surface area contributed by atoms with E-state index in [0.717, 1.165) is 44.2 Å². The first kappa shape index (κ1) is 27.3. The minimum absolute atomic E-state index is 0.0634. The highest BCUT2D eigenvalue weighted by Crippen LogP contribution is 2.39. The predicted molar refractivity (Wildman–Crippen MR) is 121 cm³/mol. The average Bonchev–Trinajstić information content (AvgIpc) is 3.10. The summed E-state index contributed by atoms with van der Waals surface area (Å²) in [5, 5.41) is 16.4. The van der Waals surface area contributed by atoms with Gasteiger partial charge in [0.1, 0.15) is 6.54 Å². The van der Waals surface area contributed by atoms with Gasteiger partial charge in [0.2, 0.25) is 17.7 Å². The Hall–Kier alpha value is -2.78. The van der Waals surface area contributed by atoms with Gasteiger partial charge in [-0.25, -0.2) is 4.68 Å². The largest absolute Gasteiger partial charge is 0.356 e. The van der Waals surface area contributed by atoms with Crippen molar-refractivity contribution in [1.82, 2.24) is 30.9 Å². The number of hydrogen-bond donors (Lipinski definition) is 3. The van der Waals surface area contributed by atoms with Crippen molar-refractivity contribution in [3.63, 3.8) is 0 Å². The highest BCUT2D eigenvalue weighted by molar-refractivity contribution is 5.79. The maximum atomic E-state index is 13.0. The van der Waals surface area contributed by atoms with Crippen LogP contribution in [0.25, 0.3) is 0 Å². The number of carbonyl (C=O) groups is 4. The van der Waals surface area contributed by atoms with Crippen LogP contribution in [-0.4, -0.2) is 58.1 Å². The zero-order valence-corrected chi connectivity index (χ0v) is 19.8. The van der Waals surface area contributed by atoms with Crippen molar-refractivity contribution in [2.75, 3.05) is 19.6 Å². The monoisotopic (exact) mass is 450 g/mol. The van der Waals surface area contributed by atoms with Crippen molar-refractivity contribution in [3.05, 3.63) is 11.9 Å². The molecule has 0 atom stereocenters. The molecule has 1 heterocycles. The van der Waals surface area contributed by atoms with Crippen LogP contribution in [0.2, 0.25) is 0 Å². The topological polar surface area (TPSA) is 135 Å². The summed E-state index contributed by atoms with van der Waals surface area (Å²) >= 11 is 0. The Morgan fingerprint density at radius 2 is 1.28 bits per heavy atom. The van der Waals surface area contributed by atoms with Crippen molar-refractivity contribution in [1.29, 1.82) is 0 Å². The molecular formula is C22H38N6O4. The molecule has 0 aliphatic heterocycles. The van der Waals surface area contributed by atoms with Gasteiger partial charge < -0.3 is 16.0 Å². The zero-order valence-electron chi connectivity index (χ0n) is 19.8. The number of nitrogens with zero attached hydrogens (tertiary/aromatic N) is 3. The SMILES string of the molecule is CC(=O)NCCCC(CCCNC(C)=O)(CCCNC(C)=O)CC(=O)Cn1cc(C)nn1. The molecule has 3 amide bonds. The van der Waals surface area contributed by atoms with Crippen LogP contribution >= 0.6 is 0 Å². The molecule has 0 saturated heterocycles. The number of rotatable bonds is 16. The molecule has 0 unspecified atom stereocenters. The summed E-state index contributed by atoms with van der Waals surface area (Å²) in [6.07, 6.45) is 6.62. The number of aromatic nitrogens is 3. The van der Waals surface area contributed by atoms with Crippen molar-refractivity contribution in [2.45, 2.75) is 79.2 Å². The van der Waals surface area contributed by atoms with Crippen molar-refractivity contribution < 1.29 is 19.2 Å². The molecule has 1 rings (SSSR count). The van der Waals surface area contributed by atoms with Crippen LogP contribution in [-0.2, 0) is 25.7 Å². The second kappa shape index (κ2) is 14.3. The maximum Gasteiger partial charge on any atom is 0.216 e. The number of carbonyl (C=O) groups excluding carboxylic acids is 4. The molecule has 0 bridgehead atoms. The van der Waals surface area contributed by atoms with Crippen molar-refractivity contribution in [3.8, 4) is 0 Å². The van der Waals surface area contributed by atoms with E-state index >= 15 is 0 Å². The van der Waals surface area contributed by atoms with E-state index in [1.54, 1.807) is 10.9 Å². The lowest BCUT2D eigenvalue weighted by Crippen LogP contribution is -2.32. The van der Waals surface area contributed by atoms with Gasteiger partial charge in [-0.15, -0.1) is 5.10 Å². The highest BCUT2D eigenvalue weighted by atomic mass is 16.2. The van der Waals surface area contributed by atoms with E-state index in [2.05, 4.69) is 26.3 Å². The Bertz CT molecular complexity index is 706. The van der Waals surface area contributed by atoms with E-state index in [-0.39, 0.29) is 35.5 Å². The first-order valence-electron chi connectivity index (χ1n) is 11.2. The van der Waals surface area contributed by atoms with Gasteiger partial charge in [-0.2, -0.15) is 0 Å². The number of aryl methyl sites for hydroxylation is 1. The van der Waals surface area contributed by atoms with Crippen LogP contribution < -0.4 is 16.0 Å². The molecule has 0 aliphatic rings. The number of hydrogen-bond acceptors (Lipinski definition) is 6. The lowest BCUT2D eigenvalue weighted by atomic mass is 9.71. The third-order valence-corrected chi connectivity index (χ3v) is 5.34. The molecule has 32 heavy (non-hydrogen) atoms. The molecular weight excluding hydrogens is 412 g/mol. The third kappa shape index (κ3) is 12.2. The van der Waals surface area contributed by atoms with Gasteiger partial charge in [-0.05, 0) is 50.9 Å². The Morgan fingerprint density at radius 3 is 1.62 bits per heavy atom. The van der Waals surface area contributed by atoms with E-state index in [1.807, 2.05) is 6.92 Å². The molecule has 0 fully saturated rings. The predicted octanol–water partition coefficient (Wildman–Crippen LogP) is 1.28. The first-order chi connectivity index (χ1) is 15.1. The summed E-state index contributed by atoms with van der Waals surface area (Å²) in [6.45, 7) is 8.07. The van der Waals surface area contributed by atoms with E-state index in [4.69, 9.17) is 0 Å². The van der Waals surface area contributed by atoms with E-state index in [1.165, 1.54) is 20.8 Å². The molecule has 0 spiro atoms. The summed E-state index contributed by atoms with van der Waals surface area (Å²) in [4.78, 5) is 46.7. The standard InChI is InChI=1S/C22H38N6O4/c1-17-15-28(27-26-17)16-21(32)14-22(8-5-11-23-18(2)29,9-6-12-24-19(3)30)10-7-13-25-20(4)31/h15H,5-14,16H2,1-4H3,(H,23,29)(H,24,30)(H,25,31). The van der Waals surface area contributed by atoms with Crippen LogP contribution in [0.1, 0.15) is 71.4 Å². The molecule has 1 aromatic heterocycles. The summed E-state index contributed by atoms with van der Waals surface area (Å²) in [5.41, 5.74) is 0.465. The lowest BCUT2D eigenvalue weighted by molar-refractivity contribution is -0.123. The average molecular weight is 451 g/mol. The summed E-state index contributed by atoms with van der Waals surface area (Å²) < 4.78 is 1.55. The van der Waals surface area contributed by atoms with E-state index in [0.29, 0.717) is 26.1 Å². The molecule has 10 nitrogen and oxygen atoms in total. The van der Waals surface area contributed by atoms with Gasteiger partial charge in [-0.1, -0.05) is 5.21 Å². The summed E-state index contributed by atoms with van der Waals surface area (Å²) in [7, 11) is 0. The Morgan fingerprint density at radius 1 is 0.844 bits per heavy atom. The van der Waals surface area contributed by atoms with Gasteiger partial charge in [0.15, 0.2) is 5.78 Å². The smallest absolute Gasteiger partial charge is 0.216 e. The normalized spacial score (nSPS) is 11.1. The van der Waals surface area contributed by atoms with Gasteiger partial charge in [0.05, 0.1) is 5.69 Å². The second-order valence-corrected chi connectivity index (χ2v) is 8.53. The minimum atomic E-state index is -0.290. The summed E-state index contributed by atoms with van der Waals surface area (Å²) in [6, 6.07) is 0. The Labute approximate surface area is 190 Å². The fraction of sp³-hybridized carbons (Fsp3) is 0.727. The molecule has 1 aromatic rings. The van der Waals surface area contributed by atoms with E-state index < -0.39 is 0 Å². The van der Waals surface area contributed by atoms with Crippen LogP contribution in [0.5, 0.6) is 0 Å². The molecule has 0 aliphatic carbocycles. The van der Waals surface area contributed by atoms with Gasteiger partial charge >= 0.3 is 0 Å². The fourth-order valence-corrected chi connectivity index (χ4v) is 3.95. The zero-order chi connectivity index (χ0) is 24.0. The third-order valence-electron chi connectivity index (χ3n) is 5.34. The summed E-state index contributed by atoms with van der Waals surface area (Å²) in [5.74, 6) is -0.174. The molecule has 0 radical (unpaired) electrons. The van der Waals surface area contributed by atoms with Gasteiger partial charge in [0, 0.05) is 53.0 Å². The Kier molecular flexibility index (Phi) is 12.2. The van der Waals surface area contributed by atoms with Gasteiger partial charge in [0.25, 0.3) is 0 Å². The van der Waals surface area contributed by atoms with Crippen molar-refractivity contribution in [2.24, 2.45) is 5.41 Å². The van der Waals surface area contributed by atoms with Crippen molar-refractivity contribution >= 4 is 23.5 Å². The molecule has 180 valence electrons. The maximum absolute atomic E-state index is 13.0.